The van der Waals surface area contributed by atoms with Gasteiger partial charge in [-0.05, 0) is 25.6 Å². The second-order valence-corrected chi connectivity index (χ2v) is 5.55. The molecule has 1 heterocycles. The summed E-state index contributed by atoms with van der Waals surface area (Å²) in [5.41, 5.74) is 6.36. The van der Waals surface area contributed by atoms with Crippen molar-refractivity contribution in [1.82, 2.24) is 9.80 Å². The predicted octanol–water partition coefficient (Wildman–Crippen LogP) is 1.59. The number of hydrogen-bond acceptors (Lipinski definition) is 4. The lowest BCUT2D eigenvalue weighted by Crippen LogP contribution is -2.53. The second kappa shape index (κ2) is 7.31. The molecule has 0 saturated carbocycles. The summed E-state index contributed by atoms with van der Waals surface area (Å²) in [4.78, 5) is 16.5. The highest BCUT2D eigenvalue weighted by Crippen LogP contribution is 2.15. The van der Waals surface area contributed by atoms with Gasteiger partial charge >= 0.3 is 0 Å². The van der Waals surface area contributed by atoms with Crippen LogP contribution in [0.1, 0.15) is 19.8 Å². The Kier molecular flexibility index (Phi) is 5.44. The van der Waals surface area contributed by atoms with E-state index in [2.05, 4.69) is 18.9 Å². The van der Waals surface area contributed by atoms with Crippen molar-refractivity contribution in [3.8, 4) is 5.75 Å². The third-order valence-corrected chi connectivity index (χ3v) is 4.04. The van der Waals surface area contributed by atoms with E-state index in [1.807, 2.05) is 23.1 Å². The molecule has 5 nitrogen and oxygen atoms in total. The Morgan fingerprint density at radius 1 is 1.43 bits per heavy atom. The van der Waals surface area contributed by atoms with Crippen LogP contribution < -0.4 is 10.5 Å². The van der Waals surface area contributed by atoms with Crippen LogP contribution in [-0.2, 0) is 4.79 Å². The Morgan fingerprint density at radius 2 is 2.24 bits per heavy atom. The van der Waals surface area contributed by atoms with Crippen molar-refractivity contribution >= 4 is 11.6 Å². The van der Waals surface area contributed by atoms with Crippen LogP contribution in [-0.4, -0.2) is 55.0 Å². The molecule has 1 unspecified atom stereocenters. The molecule has 2 N–H and O–H groups in total. The SMILES string of the molecule is CCC1CN(C(=O)CCOc2cccc(N)c2)CCN1C. The third kappa shape index (κ3) is 4.36. The molecule has 0 radical (unpaired) electrons. The van der Waals surface area contributed by atoms with E-state index < -0.39 is 0 Å². The summed E-state index contributed by atoms with van der Waals surface area (Å²) in [5, 5.41) is 0. The smallest absolute Gasteiger partial charge is 0.226 e. The summed E-state index contributed by atoms with van der Waals surface area (Å²) >= 11 is 0. The van der Waals surface area contributed by atoms with Crippen LogP contribution in [0.3, 0.4) is 0 Å². The molecule has 1 fully saturated rings. The molecular weight excluding hydrogens is 266 g/mol. The predicted molar refractivity (Wildman–Crippen MR) is 84.3 cm³/mol. The molecule has 1 amide bonds. The number of ether oxygens (including phenoxy) is 1. The van der Waals surface area contributed by atoms with E-state index in [0.29, 0.717) is 30.5 Å². The lowest BCUT2D eigenvalue weighted by molar-refractivity contribution is -0.134. The van der Waals surface area contributed by atoms with Gasteiger partial charge in [-0.15, -0.1) is 0 Å². The zero-order valence-corrected chi connectivity index (χ0v) is 12.9. The second-order valence-electron chi connectivity index (χ2n) is 5.55. The molecule has 0 bridgehead atoms. The average Bonchev–Trinajstić information content (AvgIpc) is 2.47. The van der Waals surface area contributed by atoms with E-state index in [1.54, 1.807) is 6.07 Å². The molecule has 5 heteroatoms. The van der Waals surface area contributed by atoms with Gasteiger partial charge in [-0.2, -0.15) is 0 Å². The van der Waals surface area contributed by atoms with Crippen LogP contribution in [0.4, 0.5) is 5.69 Å². The first-order chi connectivity index (χ1) is 10.1. The Bertz CT molecular complexity index is 478. The fourth-order valence-corrected chi connectivity index (χ4v) is 2.63. The fraction of sp³-hybridized carbons (Fsp3) is 0.562. The number of anilines is 1. The quantitative estimate of drug-likeness (QED) is 0.837. The number of nitrogens with zero attached hydrogens (tertiary/aromatic N) is 2. The minimum Gasteiger partial charge on any atom is -0.493 e. The van der Waals surface area contributed by atoms with Gasteiger partial charge in [-0.3, -0.25) is 9.69 Å². The number of carbonyl (C=O) groups excluding carboxylic acids is 1. The maximum atomic E-state index is 12.2. The van der Waals surface area contributed by atoms with Gasteiger partial charge in [0.2, 0.25) is 5.91 Å². The molecule has 1 aliphatic heterocycles. The summed E-state index contributed by atoms with van der Waals surface area (Å²) in [5.74, 6) is 0.887. The molecule has 0 spiro atoms. The van der Waals surface area contributed by atoms with Gasteiger partial charge in [0.15, 0.2) is 0 Å². The van der Waals surface area contributed by atoms with Crippen LogP contribution in [0.5, 0.6) is 5.75 Å². The van der Waals surface area contributed by atoms with Gasteiger partial charge in [-0.25, -0.2) is 0 Å². The highest BCUT2D eigenvalue weighted by molar-refractivity contribution is 5.76. The molecule has 1 saturated heterocycles. The summed E-state index contributed by atoms with van der Waals surface area (Å²) < 4.78 is 5.58. The Hall–Kier alpha value is -1.75. The van der Waals surface area contributed by atoms with Gasteiger partial charge in [0, 0.05) is 37.4 Å². The van der Waals surface area contributed by atoms with Crippen LogP contribution in [0, 0.1) is 0 Å². The maximum absolute atomic E-state index is 12.2. The Labute approximate surface area is 126 Å². The Morgan fingerprint density at radius 3 is 2.95 bits per heavy atom. The van der Waals surface area contributed by atoms with E-state index in [9.17, 15) is 4.79 Å². The van der Waals surface area contributed by atoms with Gasteiger partial charge in [-0.1, -0.05) is 13.0 Å². The fourth-order valence-electron chi connectivity index (χ4n) is 2.63. The summed E-state index contributed by atoms with van der Waals surface area (Å²) in [6.07, 6.45) is 1.48. The number of nitrogen functional groups attached to an aromatic ring is 1. The minimum absolute atomic E-state index is 0.172. The summed E-state index contributed by atoms with van der Waals surface area (Å²) in [7, 11) is 2.12. The number of nitrogens with two attached hydrogens (primary N) is 1. The van der Waals surface area contributed by atoms with E-state index in [1.165, 1.54) is 0 Å². The standard InChI is InChI=1S/C16H25N3O2/c1-3-14-12-19(9-8-18(14)2)16(20)7-10-21-15-6-4-5-13(17)11-15/h4-6,11,14H,3,7-10,12,17H2,1-2H3. The highest BCUT2D eigenvalue weighted by Gasteiger charge is 2.25. The molecule has 21 heavy (non-hydrogen) atoms. The first kappa shape index (κ1) is 15.6. The Balaban J connectivity index is 1.77. The van der Waals surface area contributed by atoms with Crippen molar-refractivity contribution < 1.29 is 9.53 Å². The first-order valence-corrected chi connectivity index (χ1v) is 7.56. The molecule has 2 rings (SSSR count). The third-order valence-electron chi connectivity index (χ3n) is 4.04. The van der Waals surface area contributed by atoms with Crippen molar-refractivity contribution in [3.63, 3.8) is 0 Å². The molecule has 116 valence electrons. The topological polar surface area (TPSA) is 58.8 Å². The number of likely N-dealkylation sites (N-methyl/N-ethyl adjacent to an activating group) is 1. The van der Waals surface area contributed by atoms with Crippen molar-refractivity contribution in [3.05, 3.63) is 24.3 Å². The molecule has 1 atom stereocenters. The van der Waals surface area contributed by atoms with Crippen LogP contribution in [0.25, 0.3) is 0 Å². The van der Waals surface area contributed by atoms with E-state index >= 15 is 0 Å². The van der Waals surface area contributed by atoms with E-state index in [-0.39, 0.29) is 5.91 Å². The molecule has 1 aromatic carbocycles. The monoisotopic (exact) mass is 291 g/mol. The molecular formula is C16H25N3O2. The number of benzene rings is 1. The number of carbonyl (C=O) groups is 1. The van der Waals surface area contributed by atoms with Gasteiger partial charge in [0.25, 0.3) is 0 Å². The molecule has 1 aliphatic rings. The number of hydrogen-bond donors (Lipinski definition) is 1. The van der Waals surface area contributed by atoms with Crippen LogP contribution in [0.2, 0.25) is 0 Å². The normalized spacial score (nSPS) is 19.5. The molecule has 0 aromatic heterocycles. The maximum Gasteiger partial charge on any atom is 0.226 e. The van der Waals surface area contributed by atoms with Gasteiger partial charge in [0.05, 0.1) is 13.0 Å². The molecule has 1 aromatic rings. The minimum atomic E-state index is 0.172. The van der Waals surface area contributed by atoms with Crippen molar-refractivity contribution in [1.29, 1.82) is 0 Å². The van der Waals surface area contributed by atoms with Crippen LogP contribution in [0.15, 0.2) is 24.3 Å². The van der Waals surface area contributed by atoms with E-state index in [0.717, 1.165) is 26.1 Å². The van der Waals surface area contributed by atoms with Crippen molar-refractivity contribution in [2.24, 2.45) is 0 Å². The summed E-state index contributed by atoms with van der Waals surface area (Å²) in [6, 6.07) is 7.75. The number of rotatable bonds is 5. The van der Waals surface area contributed by atoms with Crippen molar-refractivity contribution in [2.75, 3.05) is 39.0 Å². The summed E-state index contributed by atoms with van der Waals surface area (Å²) in [6.45, 7) is 5.14. The zero-order chi connectivity index (χ0) is 15.2. The number of piperazine rings is 1. The van der Waals surface area contributed by atoms with E-state index in [4.69, 9.17) is 10.5 Å². The first-order valence-electron chi connectivity index (χ1n) is 7.56. The highest BCUT2D eigenvalue weighted by atomic mass is 16.5. The number of amides is 1. The lowest BCUT2D eigenvalue weighted by atomic mass is 10.1. The van der Waals surface area contributed by atoms with Crippen molar-refractivity contribution in [2.45, 2.75) is 25.8 Å². The van der Waals surface area contributed by atoms with Gasteiger partial charge in [0.1, 0.15) is 5.75 Å². The largest absolute Gasteiger partial charge is 0.493 e. The molecule has 0 aliphatic carbocycles. The van der Waals surface area contributed by atoms with Gasteiger partial charge < -0.3 is 15.4 Å². The average molecular weight is 291 g/mol. The zero-order valence-electron chi connectivity index (χ0n) is 12.9. The lowest BCUT2D eigenvalue weighted by Gasteiger charge is -2.39. The van der Waals surface area contributed by atoms with Crippen LogP contribution >= 0.6 is 0 Å².